The fourth-order valence-electron chi connectivity index (χ4n) is 2.11. The van der Waals surface area contributed by atoms with Gasteiger partial charge in [0, 0.05) is 16.0 Å². The van der Waals surface area contributed by atoms with Gasteiger partial charge >= 0.3 is 0 Å². The summed E-state index contributed by atoms with van der Waals surface area (Å²) in [6.45, 7) is 2.17. The number of hydrogen-bond acceptors (Lipinski definition) is 1. The standard InChI is InChI=1S/C15H14Cl2.H3N/c1-2-15(11-5-3-7-13(16)9-11)12-6-4-8-14(17)10-12;/h3-10,15H,2H2,1H3;1H3. The van der Waals surface area contributed by atoms with Crippen molar-refractivity contribution in [2.24, 2.45) is 0 Å². The zero-order chi connectivity index (χ0) is 12.3. The van der Waals surface area contributed by atoms with Gasteiger partial charge in [-0.25, -0.2) is 0 Å². The molecule has 0 spiro atoms. The SMILES string of the molecule is CCC(c1cccc(Cl)c1)c1cccc(Cl)c1.N. The highest BCUT2D eigenvalue weighted by atomic mass is 35.5. The van der Waals surface area contributed by atoms with Crippen molar-refractivity contribution in [2.45, 2.75) is 19.3 Å². The first kappa shape index (κ1) is 15.0. The van der Waals surface area contributed by atoms with E-state index in [9.17, 15) is 0 Å². The van der Waals surface area contributed by atoms with Crippen LogP contribution >= 0.6 is 23.2 Å². The van der Waals surface area contributed by atoms with Gasteiger partial charge in [-0.15, -0.1) is 0 Å². The summed E-state index contributed by atoms with van der Waals surface area (Å²) >= 11 is 12.1. The van der Waals surface area contributed by atoms with Crippen LogP contribution in [0.4, 0.5) is 0 Å². The molecule has 2 aromatic rings. The smallest absolute Gasteiger partial charge is 0.0408 e. The molecule has 0 saturated carbocycles. The van der Waals surface area contributed by atoms with E-state index in [1.807, 2.05) is 36.4 Å². The summed E-state index contributed by atoms with van der Waals surface area (Å²) in [6.07, 6.45) is 1.03. The largest absolute Gasteiger partial charge is 0.344 e. The molecule has 0 saturated heterocycles. The molecule has 18 heavy (non-hydrogen) atoms. The van der Waals surface area contributed by atoms with Gasteiger partial charge in [0.2, 0.25) is 0 Å². The van der Waals surface area contributed by atoms with Crippen LogP contribution in [-0.2, 0) is 0 Å². The zero-order valence-electron chi connectivity index (χ0n) is 10.4. The van der Waals surface area contributed by atoms with E-state index in [0.29, 0.717) is 5.92 Å². The monoisotopic (exact) mass is 281 g/mol. The molecular formula is C15H17Cl2N. The van der Waals surface area contributed by atoms with Gasteiger partial charge < -0.3 is 6.15 Å². The van der Waals surface area contributed by atoms with Crippen LogP contribution in [0, 0.1) is 0 Å². The number of halogens is 2. The van der Waals surface area contributed by atoms with E-state index in [0.717, 1.165) is 16.5 Å². The highest BCUT2D eigenvalue weighted by Gasteiger charge is 2.12. The van der Waals surface area contributed by atoms with Gasteiger partial charge in [0.05, 0.1) is 0 Å². The van der Waals surface area contributed by atoms with Gasteiger partial charge in [0.15, 0.2) is 0 Å². The van der Waals surface area contributed by atoms with Crippen LogP contribution in [0.1, 0.15) is 30.4 Å². The Bertz CT molecular complexity index is 466. The molecule has 0 fully saturated rings. The molecule has 3 N–H and O–H groups in total. The van der Waals surface area contributed by atoms with Gasteiger partial charge in [-0.05, 0) is 41.8 Å². The van der Waals surface area contributed by atoms with E-state index < -0.39 is 0 Å². The molecular weight excluding hydrogens is 265 g/mol. The Labute approximate surface area is 118 Å². The average molecular weight is 282 g/mol. The van der Waals surface area contributed by atoms with Crippen molar-refractivity contribution < 1.29 is 0 Å². The lowest BCUT2D eigenvalue weighted by molar-refractivity contribution is 0.777. The number of benzene rings is 2. The molecule has 0 bridgehead atoms. The van der Waals surface area contributed by atoms with Gasteiger partial charge in [-0.2, -0.15) is 0 Å². The Morgan fingerprint density at radius 1 is 0.889 bits per heavy atom. The highest BCUT2D eigenvalue weighted by Crippen LogP contribution is 2.30. The quantitative estimate of drug-likeness (QED) is 0.770. The maximum atomic E-state index is 6.04. The third-order valence-electron chi connectivity index (χ3n) is 2.91. The fourth-order valence-corrected chi connectivity index (χ4v) is 2.51. The summed E-state index contributed by atoms with van der Waals surface area (Å²) in [5.41, 5.74) is 2.48. The second kappa shape index (κ2) is 6.79. The van der Waals surface area contributed by atoms with Crippen LogP contribution in [0.3, 0.4) is 0 Å². The fraction of sp³-hybridized carbons (Fsp3) is 0.200. The van der Waals surface area contributed by atoms with Crippen molar-refractivity contribution in [3.05, 3.63) is 69.7 Å². The molecule has 0 radical (unpaired) electrons. The second-order valence-electron chi connectivity index (χ2n) is 4.07. The Morgan fingerprint density at radius 2 is 1.33 bits per heavy atom. The predicted molar refractivity (Wildman–Crippen MR) is 80.1 cm³/mol. The Hall–Kier alpha value is -1.02. The molecule has 0 heterocycles. The summed E-state index contributed by atoms with van der Waals surface area (Å²) in [5, 5.41) is 1.56. The normalized spacial score (nSPS) is 10.2. The minimum atomic E-state index is 0. The van der Waals surface area contributed by atoms with E-state index in [2.05, 4.69) is 19.1 Å². The van der Waals surface area contributed by atoms with Crippen molar-refractivity contribution in [3.8, 4) is 0 Å². The molecule has 2 rings (SSSR count). The molecule has 0 aromatic heterocycles. The number of hydrogen-bond donors (Lipinski definition) is 1. The van der Waals surface area contributed by atoms with Crippen molar-refractivity contribution in [3.63, 3.8) is 0 Å². The molecule has 3 heteroatoms. The van der Waals surface area contributed by atoms with Crippen LogP contribution in [0.5, 0.6) is 0 Å². The Kier molecular flexibility index (Phi) is 5.67. The zero-order valence-corrected chi connectivity index (χ0v) is 11.9. The first-order valence-electron chi connectivity index (χ1n) is 5.71. The van der Waals surface area contributed by atoms with Gasteiger partial charge in [-0.3, -0.25) is 0 Å². The molecule has 0 amide bonds. The van der Waals surface area contributed by atoms with E-state index in [1.165, 1.54) is 11.1 Å². The van der Waals surface area contributed by atoms with E-state index in [4.69, 9.17) is 23.2 Å². The minimum absolute atomic E-state index is 0. The first-order chi connectivity index (χ1) is 8.20. The molecule has 0 aliphatic rings. The van der Waals surface area contributed by atoms with Crippen LogP contribution < -0.4 is 6.15 Å². The topological polar surface area (TPSA) is 35.0 Å². The van der Waals surface area contributed by atoms with Crippen LogP contribution in [0.2, 0.25) is 10.0 Å². The minimum Gasteiger partial charge on any atom is -0.344 e. The van der Waals surface area contributed by atoms with Crippen LogP contribution in [-0.4, -0.2) is 0 Å². The summed E-state index contributed by atoms with van der Waals surface area (Å²) in [7, 11) is 0. The van der Waals surface area contributed by atoms with Gasteiger partial charge in [0.1, 0.15) is 0 Å². The highest BCUT2D eigenvalue weighted by molar-refractivity contribution is 6.31. The summed E-state index contributed by atoms with van der Waals surface area (Å²) in [6, 6.07) is 16.1. The molecule has 0 aliphatic heterocycles. The van der Waals surface area contributed by atoms with E-state index in [-0.39, 0.29) is 6.15 Å². The maximum absolute atomic E-state index is 6.04. The van der Waals surface area contributed by atoms with Crippen molar-refractivity contribution in [1.29, 1.82) is 0 Å². The van der Waals surface area contributed by atoms with Crippen LogP contribution in [0.15, 0.2) is 48.5 Å². The third kappa shape index (κ3) is 3.49. The van der Waals surface area contributed by atoms with E-state index >= 15 is 0 Å². The molecule has 2 aromatic carbocycles. The summed E-state index contributed by atoms with van der Waals surface area (Å²) < 4.78 is 0. The molecule has 0 aliphatic carbocycles. The van der Waals surface area contributed by atoms with Crippen molar-refractivity contribution in [1.82, 2.24) is 6.15 Å². The Morgan fingerprint density at radius 3 is 1.67 bits per heavy atom. The van der Waals surface area contributed by atoms with Crippen LogP contribution in [0.25, 0.3) is 0 Å². The maximum Gasteiger partial charge on any atom is 0.0408 e. The average Bonchev–Trinajstić information content (AvgIpc) is 2.30. The predicted octanol–water partition coefficient (Wildman–Crippen LogP) is 5.70. The lowest BCUT2D eigenvalue weighted by atomic mass is 9.89. The van der Waals surface area contributed by atoms with Crippen molar-refractivity contribution in [2.75, 3.05) is 0 Å². The number of rotatable bonds is 3. The lowest BCUT2D eigenvalue weighted by Crippen LogP contribution is -1.99. The summed E-state index contributed by atoms with van der Waals surface area (Å²) in [4.78, 5) is 0. The van der Waals surface area contributed by atoms with E-state index in [1.54, 1.807) is 0 Å². The Balaban J connectivity index is 0.00000162. The molecule has 0 atom stereocenters. The second-order valence-corrected chi connectivity index (χ2v) is 4.94. The molecule has 1 nitrogen and oxygen atoms in total. The third-order valence-corrected chi connectivity index (χ3v) is 3.38. The molecule has 96 valence electrons. The van der Waals surface area contributed by atoms with Crippen molar-refractivity contribution >= 4 is 23.2 Å². The summed E-state index contributed by atoms with van der Waals surface area (Å²) in [5.74, 6) is 0.354. The lowest BCUT2D eigenvalue weighted by Gasteiger charge is -2.16. The first-order valence-corrected chi connectivity index (χ1v) is 6.47. The molecule has 0 unspecified atom stereocenters. The van der Waals surface area contributed by atoms with Gasteiger partial charge in [0.25, 0.3) is 0 Å². The van der Waals surface area contributed by atoms with Gasteiger partial charge in [-0.1, -0.05) is 54.4 Å².